The van der Waals surface area contributed by atoms with Crippen molar-refractivity contribution in [3.05, 3.63) is 73.3 Å². The van der Waals surface area contributed by atoms with E-state index in [1.54, 1.807) is 38.5 Å². The minimum atomic E-state index is -0.636. The molecule has 0 amide bonds. The van der Waals surface area contributed by atoms with Gasteiger partial charge in [0.25, 0.3) is 0 Å². The van der Waals surface area contributed by atoms with E-state index in [1.165, 1.54) is 12.1 Å². The van der Waals surface area contributed by atoms with Gasteiger partial charge in [0.1, 0.15) is 16.9 Å². The van der Waals surface area contributed by atoms with E-state index in [2.05, 4.69) is 15.9 Å². The third-order valence-corrected chi connectivity index (χ3v) is 6.07. The van der Waals surface area contributed by atoms with Crippen LogP contribution in [0.15, 0.2) is 65.4 Å². The number of aromatic hydroxyl groups is 1. The second kappa shape index (κ2) is 10.5. The zero-order valence-corrected chi connectivity index (χ0v) is 20.4. The molecule has 2 heterocycles. The lowest BCUT2D eigenvalue weighted by atomic mass is 9.99. The normalized spacial score (nSPS) is 11.6. The number of hydrogen-bond donors (Lipinski definition) is 1. The Morgan fingerprint density at radius 2 is 1.68 bits per heavy atom. The van der Waals surface area contributed by atoms with Crippen molar-refractivity contribution >= 4 is 37.9 Å². The summed E-state index contributed by atoms with van der Waals surface area (Å²) in [6.45, 7) is 2.43. The molecule has 8 nitrogen and oxygen atoms in total. The molecule has 2 aromatic heterocycles. The molecule has 0 atom stereocenters. The largest absolute Gasteiger partial charge is 0.507 e. The first kappa shape index (κ1) is 24.2. The second-order valence-electron chi connectivity index (χ2n) is 7.81. The van der Waals surface area contributed by atoms with Crippen LogP contribution in [0.3, 0.4) is 0 Å². The van der Waals surface area contributed by atoms with Gasteiger partial charge in [-0.25, -0.2) is 9.59 Å². The molecule has 0 radical (unpaired) electrons. The van der Waals surface area contributed by atoms with Gasteiger partial charge in [0.2, 0.25) is 0 Å². The standard InChI is InChI=1S/C25H24BrNO7/c1-31-9-7-27(8-10-32-2)14-20-21(28)5-4-17-18(13-23(29)34-24(17)20)19-12-15-11-16(26)3-6-22(15)33-25(19)30/h3-6,11-13,28H,7-10,14H2,1-2H3. The van der Waals surface area contributed by atoms with Crippen molar-refractivity contribution in [3.63, 3.8) is 0 Å². The maximum absolute atomic E-state index is 12.8. The summed E-state index contributed by atoms with van der Waals surface area (Å²) in [6.07, 6.45) is 0. The van der Waals surface area contributed by atoms with Gasteiger partial charge in [-0.15, -0.1) is 0 Å². The average molecular weight is 530 g/mol. The summed E-state index contributed by atoms with van der Waals surface area (Å²) in [5, 5.41) is 11.9. The van der Waals surface area contributed by atoms with E-state index in [1.807, 2.05) is 11.0 Å². The van der Waals surface area contributed by atoms with Crippen LogP contribution in [0.4, 0.5) is 0 Å². The van der Waals surface area contributed by atoms with Gasteiger partial charge in [-0.05, 0) is 36.4 Å². The molecular weight excluding hydrogens is 506 g/mol. The number of halogens is 1. The van der Waals surface area contributed by atoms with E-state index in [0.29, 0.717) is 60.3 Å². The minimum Gasteiger partial charge on any atom is -0.507 e. The molecule has 0 spiro atoms. The Kier molecular flexibility index (Phi) is 7.47. The first-order chi connectivity index (χ1) is 16.4. The molecule has 0 fully saturated rings. The third kappa shape index (κ3) is 5.07. The molecular formula is C25H24BrNO7. The summed E-state index contributed by atoms with van der Waals surface area (Å²) in [7, 11) is 3.23. The smallest absolute Gasteiger partial charge is 0.344 e. The summed E-state index contributed by atoms with van der Waals surface area (Å²) in [5.41, 5.74) is 0.503. The Labute approximate surface area is 203 Å². The number of phenolic OH excluding ortho intramolecular Hbond substituents is 1. The fourth-order valence-corrected chi connectivity index (χ4v) is 4.24. The number of benzene rings is 2. The molecule has 4 rings (SSSR count). The van der Waals surface area contributed by atoms with E-state index < -0.39 is 11.3 Å². The SMILES string of the molecule is COCCN(CCOC)Cc1c(O)ccc2c(-c3cc4cc(Br)ccc4oc3=O)cc(=O)oc12. The number of hydrogen-bond acceptors (Lipinski definition) is 8. The molecule has 178 valence electrons. The zero-order chi connectivity index (χ0) is 24.2. The van der Waals surface area contributed by atoms with Crippen molar-refractivity contribution < 1.29 is 23.4 Å². The number of phenols is 1. The van der Waals surface area contributed by atoms with Crippen molar-refractivity contribution in [3.8, 4) is 16.9 Å². The Morgan fingerprint density at radius 3 is 2.38 bits per heavy atom. The first-order valence-corrected chi connectivity index (χ1v) is 11.4. The van der Waals surface area contributed by atoms with Gasteiger partial charge in [-0.2, -0.15) is 0 Å². The van der Waals surface area contributed by atoms with Gasteiger partial charge in [0.05, 0.1) is 24.3 Å². The number of fused-ring (bicyclic) bond motifs is 2. The van der Waals surface area contributed by atoms with Crippen LogP contribution in [0, 0.1) is 0 Å². The van der Waals surface area contributed by atoms with Crippen LogP contribution in [-0.4, -0.2) is 50.5 Å². The highest BCUT2D eigenvalue weighted by Gasteiger charge is 2.19. The number of rotatable bonds is 9. The Hall–Kier alpha value is -2.98. The highest BCUT2D eigenvalue weighted by atomic mass is 79.9. The van der Waals surface area contributed by atoms with Gasteiger partial charge in [-0.3, -0.25) is 4.90 Å². The van der Waals surface area contributed by atoms with E-state index in [9.17, 15) is 14.7 Å². The molecule has 0 aliphatic rings. The fraction of sp³-hybridized carbons (Fsp3) is 0.280. The van der Waals surface area contributed by atoms with Crippen LogP contribution < -0.4 is 11.3 Å². The fourth-order valence-electron chi connectivity index (χ4n) is 3.86. The Morgan fingerprint density at radius 1 is 0.941 bits per heavy atom. The Balaban J connectivity index is 1.88. The molecule has 0 aliphatic heterocycles. The van der Waals surface area contributed by atoms with E-state index in [4.69, 9.17) is 18.3 Å². The lowest BCUT2D eigenvalue weighted by molar-refractivity contribution is 0.110. The van der Waals surface area contributed by atoms with Gasteiger partial charge < -0.3 is 23.4 Å². The average Bonchev–Trinajstić information content (AvgIpc) is 2.81. The lowest BCUT2D eigenvalue weighted by Crippen LogP contribution is -2.30. The monoisotopic (exact) mass is 529 g/mol. The molecule has 0 aliphatic carbocycles. The summed E-state index contributed by atoms with van der Waals surface area (Å²) < 4.78 is 22.3. The molecule has 9 heteroatoms. The summed E-state index contributed by atoms with van der Waals surface area (Å²) >= 11 is 3.42. The molecule has 0 saturated carbocycles. The quantitative estimate of drug-likeness (QED) is 0.323. The van der Waals surface area contributed by atoms with Crippen molar-refractivity contribution in [2.75, 3.05) is 40.5 Å². The number of nitrogens with zero attached hydrogens (tertiary/aromatic N) is 1. The highest BCUT2D eigenvalue weighted by molar-refractivity contribution is 9.10. The molecule has 0 bridgehead atoms. The number of ether oxygens (including phenoxy) is 2. The second-order valence-corrected chi connectivity index (χ2v) is 8.73. The van der Waals surface area contributed by atoms with Crippen molar-refractivity contribution in [2.24, 2.45) is 0 Å². The topological polar surface area (TPSA) is 102 Å². The molecule has 34 heavy (non-hydrogen) atoms. The summed E-state index contributed by atoms with van der Waals surface area (Å²) in [6, 6.07) is 11.4. The zero-order valence-electron chi connectivity index (χ0n) is 18.8. The maximum atomic E-state index is 12.8. The molecule has 4 aromatic rings. The predicted molar refractivity (Wildman–Crippen MR) is 132 cm³/mol. The van der Waals surface area contributed by atoms with E-state index >= 15 is 0 Å². The third-order valence-electron chi connectivity index (χ3n) is 5.58. The molecule has 0 saturated heterocycles. The van der Waals surface area contributed by atoms with Crippen LogP contribution in [0.2, 0.25) is 0 Å². The van der Waals surface area contributed by atoms with Gasteiger partial charge >= 0.3 is 11.3 Å². The first-order valence-electron chi connectivity index (χ1n) is 10.6. The van der Waals surface area contributed by atoms with E-state index in [0.717, 1.165) is 4.47 Å². The molecule has 1 N–H and O–H groups in total. The minimum absolute atomic E-state index is 0.0119. The van der Waals surface area contributed by atoms with Gasteiger partial charge in [-0.1, -0.05) is 15.9 Å². The van der Waals surface area contributed by atoms with Crippen LogP contribution in [0.5, 0.6) is 5.75 Å². The summed E-state index contributed by atoms with van der Waals surface area (Å²) in [4.78, 5) is 27.4. The van der Waals surface area contributed by atoms with Crippen molar-refractivity contribution in [2.45, 2.75) is 6.54 Å². The van der Waals surface area contributed by atoms with Crippen LogP contribution in [0.25, 0.3) is 33.1 Å². The highest BCUT2D eigenvalue weighted by Crippen LogP contribution is 2.34. The maximum Gasteiger partial charge on any atom is 0.344 e. The van der Waals surface area contributed by atoms with Crippen molar-refractivity contribution in [1.29, 1.82) is 0 Å². The lowest BCUT2D eigenvalue weighted by Gasteiger charge is -2.22. The van der Waals surface area contributed by atoms with Gasteiger partial charge in [0, 0.05) is 60.7 Å². The Bertz CT molecular complexity index is 1440. The van der Waals surface area contributed by atoms with E-state index in [-0.39, 0.29) is 16.9 Å². The summed E-state index contributed by atoms with van der Waals surface area (Å²) in [5.74, 6) is -0.0119. The number of methoxy groups -OCH3 is 2. The van der Waals surface area contributed by atoms with Crippen LogP contribution >= 0.6 is 15.9 Å². The molecule has 0 unspecified atom stereocenters. The van der Waals surface area contributed by atoms with Crippen LogP contribution in [0.1, 0.15) is 5.56 Å². The van der Waals surface area contributed by atoms with Crippen LogP contribution in [-0.2, 0) is 16.0 Å². The van der Waals surface area contributed by atoms with Crippen molar-refractivity contribution in [1.82, 2.24) is 4.90 Å². The predicted octanol–water partition coefficient (Wildman–Crippen LogP) is 4.13. The van der Waals surface area contributed by atoms with Gasteiger partial charge in [0.15, 0.2) is 0 Å². The molecule has 2 aromatic carbocycles.